The molecule has 0 unspecified atom stereocenters. The first-order chi connectivity index (χ1) is 12.4. The molecule has 3 aromatic rings. The molecule has 2 N–H and O–H groups in total. The third-order valence-electron chi connectivity index (χ3n) is 4.16. The van der Waals surface area contributed by atoms with Crippen LogP contribution in [0, 0.1) is 5.82 Å². The number of halogens is 2. The van der Waals surface area contributed by atoms with Gasteiger partial charge in [-0.3, -0.25) is 9.39 Å². The molecule has 0 saturated heterocycles. The molecule has 0 bridgehead atoms. The van der Waals surface area contributed by atoms with E-state index >= 15 is 0 Å². The Balaban J connectivity index is 1.60. The van der Waals surface area contributed by atoms with E-state index in [0.717, 1.165) is 16.2 Å². The van der Waals surface area contributed by atoms with Crippen LogP contribution in [0.1, 0.15) is 25.1 Å². The van der Waals surface area contributed by atoms with Gasteiger partial charge in [-0.05, 0) is 17.7 Å². The topological polar surface area (TPSA) is 53.7 Å². The fourth-order valence-corrected chi connectivity index (χ4v) is 3.84. The van der Waals surface area contributed by atoms with Crippen molar-refractivity contribution < 1.29 is 4.39 Å². The first kappa shape index (κ1) is 18.7. The number of benzene rings is 1. The molecule has 0 amide bonds. The number of imidazole rings is 1. The van der Waals surface area contributed by atoms with Crippen molar-refractivity contribution in [2.24, 2.45) is 4.99 Å². The molecule has 3 rings (SSSR count). The zero-order chi connectivity index (χ0) is 18.7. The van der Waals surface area contributed by atoms with Crippen molar-refractivity contribution in [1.29, 1.82) is 0 Å². The highest BCUT2D eigenvalue weighted by Gasteiger charge is 2.24. The summed E-state index contributed by atoms with van der Waals surface area (Å²) in [6, 6.07) is 4.50. The van der Waals surface area contributed by atoms with Crippen molar-refractivity contribution in [2.75, 3.05) is 13.6 Å². The molecule has 0 aliphatic carbocycles. The van der Waals surface area contributed by atoms with Crippen molar-refractivity contribution in [2.45, 2.75) is 25.8 Å². The van der Waals surface area contributed by atoms with Gasteiger partial charge >= 0.3 is 0 Å². The number of aromatic nitrogens is 2. The summed E-state index contributed by atoms with van der Waals surface area (Å²) < 4.78 is 15.3. The van der Waals surface area contributed by atoms with Crippen LogP contribution in [-0.2, 0) is 12.0 Å². The van der Waals surface area contributed by atoms with E-state index in [9.17, 15) is 4.39 Å². The minimum atomic E-state index is -0.333. The summed E-state index contributed by atoms with van der Waals surface area (Å²) >= 11 is 7.81. The fraction of sp³-hybridized carbons (Fsp3) is 0.333. The predicted molar refractivity (Wildman–Crippen MR) is 106 cm³/mol. The van der Waals surface area contributed by atoms with Crippen molar-refractivity contribution in [1.82, 2.24) is 20.0 Å². The molecule has 0 atom stereocenters. The molecule has 2 aromatic heterocycles. The van der Waals surface area contributed by atoms with Crippen LogP contribution in [0.25, 0.3) is 4.96 Å². The summed E-state index contributed by atoms with van der Waals surface area (Å²) in [5.41, 5.74) is 1.54. The van der Waals surface area contributed by atoms with Crippen molar-refractivity contribution in [3.05, 3.63) is 58.1 Å². The summed E-state index contributed by atoms with van der Waals surface area (Å²) in [6.07, 6.45) is 3.98. The van der Waals surface area contributed by atoms with E-state index in [1.807, 2.05) is 22.2 Å². The highest BCUT2D eigenvalue weighted by molar-refractivity contribution is 7.15. The van der Waals surface area contributed by atoms with E-state index in [2.05, 4.69) is 34.5 Å². The standard InChI is InChI=1S/C18H21ClFN5S/c1-18(2,14-5-4-12(20)8-15(14)19)11-23-16(21-3)22-9-13-10-25-6-7-26-17(25)24-13/h4-8,10H,9,11H2,1-3H3,(H2,21,22,23). The van der Waals surface area contributed by atoms with Crippen molar-refractivity contribution in [3.8, 4) is 0 Å². The number of nitrogens with zero attached hydrogens (tertiary/aromatic N) is 3. The lowest BCUT2D eigenvalue weighted by Gasteiger charge is -2.27. The lowest BCUT2D eigenvalue weighted by Crippen LogP contribution is -2.43. The van der Waals surface area contributed by atoms with Crippen LogP contribution in [0.15, 0.2) is 41.0 Å². The van der Waals surface area contributed by atoms with Gasteiger partial charge in [0.05, 0.1) is 12.2 Å². The third-order valence-corrected chi connectivity index (χ3v) is 5.25. The van der Waals surface area contributed by atoms with Gasteiger partial charge in [0, 0.05) is 41.8 Å². The van der Waals surface area contributed by atoms with Crippen LogP contribution in [0.5, 0.6) is 0 Å². The maximum Gasteiger partial charge on any atom is 0.193 e. The van der Waals surface area contributed by atoms with E-state index in [4.69, 9.17) is 11.6 Å². The zero-order valence-electron chi connectivity index (χ0n) is 14.9. The first-order valence-electron chi connectivity index (χ1n) is 8.20. The van der Waals surface area contributed by atoms with Gasteiger partial charge in [-0.2, -0.15) is 0 Å². The summed E-state index contributed by atoms with van der Waals surface area (Å²) in [5.74, 6) is 0.340. The van der Waals surface area contributed by atoms with Crippen LogP contribution in [0.2, 0.25) is 5.02 Å². The molecule has 0 saturated carbocycles. The Morgan fingerprint density at radius 1 is 1.38 bits per heavy atom. The predicted octanol–water partition coefficient (Wildman–Crippen LogP) is 3.83. The minimum Gasteiger partial charge on any atom is -0.356 e. The van der Waals surface area contributed by atoms with Gasteiger partial charge in [0.15, 0.2) is 10.9 Å². The second-order valence-corrected chi connectivity index (χ2v) is 7.89. The monoisotopic (exact) mass is 393 g/mol. The van der Waals surface area contributed by atoms with Gasteiger partial charge in [0.1, 0.15) is 5.82 Å². The largest absolute Gasteiger partial charge is 0.356 e. The summed E-state index contributed by atoms with van der Waals surface area (Å²) in [5, 5.41) is 8.99. The maximum absolute atomic E-state index is 13.3. The lowest BCUT2D eigenvalue weighted by molar-refractivity contribution is 0.507. The highest BCUT2D eigenvalue weighted by atomic mass is 35.5. The van der Waals surface area contributed by atoms with E-state index in [1.165, 1.54) is 12.1 Å². The van der Waals surface area contributed by atoms with Gasteiger partial charge in [0.2, 0.25) is 0 Å². The molecule has 1 aromatic carbocycles. The van der Waals surface area contributed by atoms with Crippen molar-refractivity contribution in [3.63, 3.8) is 0 Å². The Hall–Kier alpha value is -2.12. The normalized spacial score (nSPS) is 12.6. The molecule has 26 heavy (non-hydrogen) atoms. The van der Waals surface area contributed by atoms with Gasteiger partial charge < -0.3 is 10.6 Å². The SMILES string of the molecule is CN=C(NCc1cn2ccsc2n1)NCC(C)(C)c1ccc(F)cc1Cl. The van der Waals surface area contributed by atoms with Crippen LogP contribution in [-0.4, -0.2) is 28.9 Å². The summed E-state index contributed by atoms with van der Waals surface area (Å²) in [4.78, 5) is 9.76. The summed E-state index contributed by atoms with van der Waals surface area (Å²) in [6.45, 7) is 5.27. The van der Waals surface area contributed by atoms with Crippen LogP contribution in [0.3, 0.4) is 0 Å². The zero-order valence-corrected chi connectivity index (χ0v) is 16.5. The molecule has 0 aliphatic heterocycles. The Morgan fingerprint density at radius 2 is 2.19 bits per heavy atom. The number of guanidine groups is 1. The molecule has 2 heterocycles. The number of fused-ring (bicyclic) bond motifs is 1. The van der Waals surface area contributed by atoms with Gasteiger partial charge in [-0.1, -0.05) is 31.5 Å². The smallest absolute Gasteiger partial charge is 0.193 e. The Bertz CT molecular complexity index is 902. The Kier molecular flexibility index (Phi) is 5.48. The van der Waals surface area contributed by atoms with Crippen molar-refractivity contribution >= 4 is 33.9 Å². The average molecular weight is 394 g/mol. The number of rotatable bonds is 5. The third kappa shape index (κ3) is 4.16. The number of hydrogen-bond acceptors (Lipinski definition) is 3. The number of aliphatic imine (C=N–C) groups is 1. The molecule has 5 nitrogen and oxygen atoms in total. The number of thiazole rings is 1. The molecule has 0 radical (unpaired) electrons. The van der Waals surface area contributed by atoms with Crippen LogP contribution in [0.4, 0.5) is 4.39 Å². The molecule has 8 heteroatoms. The van der Waals surface area contributed by atoms with E-state index in [1.54, 1.807) is 24.5 Å². The van der Waals surface area contributed by atoms with Gasteiger partial charge in [0.25, 0.3) is 0 Å². The second-order valence-electron chi connectivity index (χ2n) is 6.61. The minimum absolute atomic E-state index is 0.292. The lowest BCUT2D eigenvalue weighted by atomic mass is 9.84. The quantitative estimate of drug-likeness (QED) is 0.511. The Labute approximate surface area is 160 Å². The van der Waals surface area contributed by atoms with Gasteiger partial charge in [-0.25, -0.2) is 9.37 Å². The van der Waals surface area contributed by atoms with Gasteiger partial charge in [-0.15, -0.1) is 11.3 Å². The fourth-order valence-electron chi connectivity index (χ4n) is 2.69. The van der Waals surface area contributed by atoms with E-state index in [0.29, 0.717) is 24.1 Å². The second kappa shape index (κ2) is 7.63. The molecule has 0 fully saturated rings. The summed E-state index contributed by atoms with van der Waals surface area (Å²) in [7, 11) is 1.72. The Morgan fingerprint density at radius 3 is 2.88 bits per heavy atom. The maximum atomic E-state index is 13.3. The molecule has 0 aliphatic rings. The highest BCUT2D eigenvalue weighted by Crippen LogP contribution is 2.29. The van der Waals surface area contributed by atoms with Crippen LogP contribution >= 0.6 is 22.9 Å². The van der Waals surface area contributed by atoms with Crippen LogP contribution < -0.4 is 10.6 Å². The number of hydrogen-bond donors (Lipinski definition) is 2. The van der Waals surface area contributed by atoms with E-state index in [-0.39, 0.29) is 11.2 Å². The van der Waals surface area contributed by atoms with E-state index < -0.39 is 0 Å². The molecule has 0 spiro atoms. The molecular weight excluding hydrogens is 373 g/mol. The first-order valence-corrected chi connectivity index (χ1v) is 9.46. The molecule has 138 valence electrons. The average Bonchev–Trinajstić information content (AvgIpc) is 3.16. The molecular formula is C18H21ClFN5S. The number of nitrogens with one attached hydrogen (secondary N) is 2.